The number of aromatic amines is 1. The normalized spacial score (nSPS) is 20.4. The number of aromatic nitrogens is 3. The lowest BCUT2D eigenvalue weighted by atomic mass is 10.1. The van der Waals surface area contributed by atoms with Gasteiger partial charge in [-0.05, 0) is 37.5 Å². The van der Waals surface area contributed by atoms with Gasteiger partial charge in [0.15, 0.2) is 5.03 Å². The van der Waals surface area contributed by atoms with E-state index in [1.165, 1.54) is 6.20 Å². The number of H-pyrrole nitrogens is 1. The van der Waals surface area contributed by atoms with Gasteiger partial charge in [0.05, 0.1) is 12.2 Å². The average Bonchev–Trinajstić information content (AvgIpc) is 3.08. The molecule has 0 bridgehead atoms. The van der Waals surface area contributed by atoms with E-state index in [0.29, 0.717) is 12.4 Å². The van der Waals surface area contributed by atoms with Gasteiger partial charge in [0.1, 0.15) is 5.82 Å². The van der Waals surface area contributed by atoms with Crippen molar-refractivity contribution in [3.05, 3.63) is 42.1 Å². The van der Waals surface area contributed by atoms with Crippen molar-refractivity contribution in [2.75, 3.05) is 6.54 Å². The highest BCUT2D eigenvalue weighted by Crippen LogP contribution is 2.35. The minimum atomic E-state index is -3.52. The highest BCUT2D eigenvalue weighted by Gasteiger charge is 2.37. The second kappa shape index (κ2) is 4.99. The molecule has 1 N–H and O–H groups in total. The maximum atomic E-state index is 12.7. The molecule has 0 spiro atoms. The van der Waals surface area contributed by atoms with Crippen LogP contribution in [0.15, 0.2) is 35.7 Å². The maximum absolute atomic E-state index is 12.7. The van der Waals surface area contributed by atoms with Gasteiger partial charge in [0.25, 0.3) is 10.0 Å². The summed E-state index contributed by atoms with van der Waals surface area (Å²) >= 11 is 0. The smallest absolute Gasteiger partial charge is 0.260 e. The Bertz CT molecular complexity index is 696. The number of nitrogens with one attached hydrogen (secondary N) is 1. The quantitative estimate of drug-likeness (QED) is 0.932. The van der Waals surface area contributed by atoms with Gasteiger partial charge in [-0.1, -0.05) is 0 Å². The van der Waals surface area contributed by atoms with Crippen molar-refractivity contribution in [3.8, 4) is 0 Å². The number of aryl methyl sites for hydroxylation is 1. The monoisotopic (exact) mass is 292 g/mol. The fraction of sp³-hybridized carbons (Fsp3) is 0.385. The summed E-state index contributed by atoms with van der Waals surface area (Å²) in [6, 6.07) is 3.62. The molecule has 1 aliphatic heterocycles. The minimum Gasteiger partial charge on any atom is -0.332 e. The van der Waals surface area contributed by atoms with E-state index in [1.54, 1.807) is 23.6 Å². The first kappa shape index (κ1) is 13.3. The highest BCUT2D eigenvalue weighted by molar-refractivity contribution is 7.89. The molecule has 3 rings (SSSR count). The van der Waals surface area contributed by atoms with E-state index in [2.05, 4.69) is 15.0 Å². The predicted octanol–water partition coefficient (Wildman–Crippen LogP) is 1.64. The van der Waals surface area contributed by atoms with Crippen molar-refractivity contribution in [1.82, 2.24) is 19.3 Å². The summed E-state index contributed by atoms with van der Waals surface area (Å²) in [6.07, 6.45) is 6.46. The van der Waals surface area contributed by atoms with Crippen LogP contribution in [0.25, 0.3) is 0 Å². The lowest BCUT2D eigenvalue weighted by molar-refractivity contribution is 0.395. The zero-order valence-electron chi connectivity index (χ0n) is 11.2. The highest BCUT2D eigenvalue weighted by atomic mass is 32.2. The molecule has 1 unspecified atom stereocenters. The number of hydrogen-bond donors (Lipinski definition) is 1. The van der Waals surface area contributed by atoms with Gasteiger partial charge in [0.2, 0.25) is 0 Å². The summed E-state index contributed by atoms with van der Waals surface area (Å²) in [6.45, 7) is 2.27. The maximum Gasteiger partial charge on any atom is 0.260 e. The number of imidazole rings is 1. The summed E-state index contributed by atoms with van der Waals surface area (Å²) in [5.74, 6) is 0.600. The number of hydrogen-bond acceptors (Lipinski definition) is 4. The SMILES string of the molecule is Cc1ncc(S(=O)(=O)N2CCCC2c2ccncc2)[nH]1. The second-order valence-electron chi connectivity index (χ2n) is 4.89. The molecule has 20 heavy (non-hydrogen) atoms. The fourth-order valence-corrected chi connectivity index (χ4v) is 4.25. The van der Waals surface area contributed by atoms with Crippen LogP contribution in [0.4, 0.5) is 0 Å². The summed E-state index contributed by atoms with van der Waals surface area (Å²) in [7, 11) is -3.52. The van der Waals surface area contributed by atoms with Gasteiger partial charge in [-0.25, -0.2) is 13.4 Å². The van der Waals surface area contributed by atoms with E-state index in [4.69, 9.17) is 0 Å². The van der Waals surface area contributed by atoms with Crippen LogP contribution in [0.5, 0.6) is 0 Å². The first-order valence-corrected chi connectivity index (χ1v) is 7.96. The number of sulfonamides is 1. The molecule has 0 radical (unpaired) electrons. The fourth-order valence-electron chi connectivity index (χ4n) is 2.60. The number of rotatable bonds is 3. The Kier molecular flexibility index (Phi) is 3.31. The van der Waals surface area contributed by atoms with Crippen LogP contribution >= 0.6 is 0 Å². The molecule has 2 aromatic rings. The molecule has 6 nitrogen and oxygen atoms in total. The van der Waals surface area contributed by atoms with Gasteiger partial charge in [-0.15, -0.1) is 0 Å². The molecule has 0 amide bonds. The summed E-state index contributed by atoms with van der Waals surface area (Å²) in [4.78, 5) is 10.8. The molecule has 0 aromatic carbocycles. The molecule has 3 heterocycles. The second-order valence-corrected chi connectivity index (χ2v) is 6.75. The van der Waals surface area contributed by atoms with Crippen molar-refractivity contribution >= 4 is 10.0 Å². The van der Waals surface area contributed by atoms with E-state index in [9.17, 15) is 8.42 Å². The Morgan fingerprint density at radius 3 is 2.75 bits per heavy atom. The van der Waals surface area contributed by atoms with Crippen LogP contribution < -0.4 is 0 Å². The third-order valence-corrected chi connectivity index (χ3v) is 5.38. The van der Waals surface area contributed by atoms with Crippen LogP contribution in [-0.4, -0.2) is 34.2 Å². The van der Waals surface area contributed by atoms with Gasteiger partial charge in [-0.3, -0.25) is 4.98 Å². The van der Waals surface area contributed by atoms with Crippen LogP contribution in [0, 0.1) is 6.92 Å². The zero-order valence-corrected chi connectivity index (χ0v) is 12.0. The third-order valence-electron chi connectivity index (χ3n) is 3.56. The van der Waals surface area contributed by atoms with Crippen LogP contribution in [0.3, 0.4) is 0 Å². The van der Waals surface area contributed by atoms with Crippen LogP contribution in [0.1, 0.15) is 30.3 Å². The topological polar surface area (TPSA) is 79.0 Å². The van der Waals surface area contributed by atoms with Gasteiger partial charge >= 0.3 is 0 Å². The van der Waals surface area contributed by atoms with Crippen LogP contribution in [0.2, 0.25) is 0 Å². The van der Waals surface area contributed by atoms with Gasteiger partial charge in [0, 0.05) is 18.9 Å². The molecule has 1 fully saturated rings. The van der Waals surface area contributed by atoms with Gasteiger partial charge < -0.3 is 4.98 Å². The first-order valence-electron chi connectivity index (χ1n) is 6.52. The number of nitrogens with zero attached hydrogens (tertiary/aromatic N) is 3. The Morgan fingerprint density at radius 1 is 1.35 bits per heavy atom. The van der Waals surface area contributed by atoms with E-state index in [1.807, 2.05) is 12.1 Å². The van der Waals surface area contributed by atoms with Gasteiger partial charge in [-0.2, -0.15) is 4.31 Å². The largest absolute Gasteiger partial charge is 0.332 e. The molecule has 2 aromatic heterocycles. The molecule has 1 atom stereocenters. The van der Waals surface area contributed by atoms with E-state index >= 15 is 0 Å². The molecule has 1 aliphatic rings. The average molecular weight is 292 g/mol. The lowest BCUT2D eigenvalue weighted by Gasteiger charge is -2.23. The third kappa shape index (κ3) is 2.23. The van der Waals surface area contributed by atoms with Crippen molar-refractivity contribution in [3.63, 3.8) is 0 Å². The van der Waals surface area contributed by atoms with Crippen molar-refractivity contribution < 1.29 is 8.42 Å². The van der Waals surface area contributed by atoms with E-state index in [0.717, 1.165) is 18.4 Å². The Hall–Kier alpha value is -1.73. The van der Waals surface area contributed by atoms with Crippen LogP contribution in [-0.2, 0) is 10.0 Å². The minimum absolute atomic E-state index is 0.119. The summed E-state index contributed by atoms with van der Waals surface area (Å²) < 4.78 is 26.9. The lowest BCUT2D eigenvalue weighted by Crippen LogP contribution is -2.31. The van der Waals surface area contributed by atoms with Crippen molar-refractivity contribution in [2.45, 2.75) is 30.8 Å². The molecule has 7 heteroatoms. The molecule has 0 saturated carbocycles. The Morgan fingerprint density at radius 2 is 2.10 bits per heavy atom. The van der Waals surface area contributed by atoms with Crippen molar-refractivity contribution in [1.29, 1.82) is 0 Å². The predicted molar refractivity (Wildman–Crippen MR) is 73.4 cm³/mol. The van der Waals surface area contributed by atoms with E-state index in [-0.39, 0.29) is 11.1 Å². The molecular formula is C13H16N4O2S. The molecular weight excluding hydrogens is 276 g/mol. The Labute approximate surface area is 117 Å². The van der Waals surface area contributed by atoms with E-state index < -0.39 is 10.0 Å². The summed E-state index contributed by atoms with van der Waals surface area (Å²) in [5.41, 5.74) is 0.984. The Balaban J connectivity index is 1.97. The molecule has 106 valence electrons. The zero-order chi connectivity index (χ0) is 14.2. The number of pyridine rings is 1. The molecule has 1 saturated heterocycles. The first-order chi connectivity index (χ1) is 9.59. The standard InChI is InChI=1S/C13H16N4O2S/c1-10-15-9-13(16-10)20(18,19)17-8-2-3-12(17)11-4-6-14-7-5-11/h4-7,9,12H,2-3,8H2,1H3,(H,15,16). The summed E-state index contributed by atoms with van der Waals surface area (Å²) in [5, 5.41) is 0.163. The molecule has 0 aliphatic carbocycles. The van der Waals surface area contributed by atoms with Crippen molar-refractivity contribution in [2.24, 2.45) is 0 Å².